The van der Waals surface area contributed by atoms with E-state index in [0.29, 0.717) is 22.8 Å². The average molecular weight is 335 g/mol. The minimum Gasteiger partial charge on any atom is -0.291 e. The molecule has 2 N–H and O–H groups in total. The summed E-state index contributed by atoms with van der Waals surface area (Å²) < 4.78 is 2.17. The number of nitrogens with zero attached hydrogens (tertiary/aromatic N) is 3. The lowest BCUT2D eigenvalue weighted by atomic mass is 10.2. The zero-order chi connectivity index (χ0) is 16.8. The number of benzene rings is 1. The van der Waals surface area contributed by atoms with Gasteiger partial charge in [0.15, 0.2) is 4.77 Å². The summed E-state index contributed by atoms with van der Waals surface area (Å²) in [7, 11) is 0. The number of aromatic amines is 1. The van der Waals surface area contributed by atoms with Gasteiger partial charge in [-0.2, -0.15) is 0 Å². The number of unbranched alkanes of at least 4 members (excludes halogenated alkanes) is 2. The third-order valence-corrected chi connectivity index (χ3v) is 3.62. The number of hydrogen-bond donors (Lipinski definition) is 2. The normalized spacial score (nSPS) is 10.5. The van der Waals surface area contributed by atoms with E-state index in [9.17, 15) is 14.9 Å². The van der Waals surface area contributed by atoms with E-state index in [0.717, 1.165) is 19.3 Å². The topological polar surface area (TPSA) is 106 Å². The first-order valence-electron chi connectivity index (χ1n) is 7.24. The molecule has 0 spiro atoms. The van der Waals surface area contributed by atoms with Crippen LogP contribution >= 0.6 is 12.2 Å². The van der Waals surface area contributed by atoms with Gasteiger partial charge in [0.05, 0.1) is 4.92 Å². The molecule has 0 saturated carbocycles. The van der Waals surface area contributed by atoms with Crippen LogP contribution in [0, 0.1) is 14.9 Å². The summed E-state index contributed by atoms with van der Waals surface area (Å²) in [5.41, 5.74) is 0.244. The molecule has 122 valence electrons. The molecular formula is C14H17N5O3S. The molecule has 23 heavy (non-hydrogen) atoms. The zero-order valence-corrected chi connectivity index (χ0v) is 13.4. The second kappa shape index (κ2) is 7.63. The number of nitrogens with one attached hydrogen (secondary N) is 2. The van der Waals surface area contributed by atoms with Crippen molar-refractivity contribution in [2.45, 2.75) is 32.7 Å². The van der Waals surface area contributed by atoms with Crippen molar-refractivity contribution in [1.82, 2.24) is 14.8 Å². The molecule has 0 aliphatic carbocycles. The first-order valence-corrected chi connectivity index (χ1v) is 7.64. The number of H-pyrrole nitrogens is 1. The number of non-ortho nitro benzene ring substituents is 1. The molecule has 1 heterocycles. The molecule has 0 aliphatic heterocycles. The van der Waals surface area contributed by atoms with Gasteiger partial charge in [0, 0.05) is 24.2 Å². The molecule has 0 atom stereocenters. The van der Waals surface area contributed by atoms with Gasteiger partial charge >= 0.3 is 0 Å². The lowest BCUT2D eigenvalue weighted by Crippen LogP contribution is -2.16. The number of anilines is 1. The summed E-state index contributed by atoms with van der Waals surface area (Å²) in [5, 5.41) is 20.0. The van der Waals surface area contributed by atoms with Crippen molar-refractivity contribution >= 4 is 29.8 Å². The minimum atomic E-state index is -0.513. The predicted octanol–water partition coefficient (Wildman–Crippen LogP) is 3.29. The SMILES string of the molecule is CCCCCn1c(NC(=O)c2ccc([N+](=O)[O-])cc2)n[nH]c1=S. The third kappa shape index (κ3) is 4.22. The summed E-state index contributed by atoms with van der Waals surface area (Å²) in [6.07, 6.45) is 3.07. The van der Waals surface area contributed by atoms with Crippen LogP contribution in [0.5, 0.6) is 0 Å². The van der Waals surface area contributed by atoms with E-state index >= 15 is 0 Å². The van der Waals surface area contributed by atoms with Crippen molar-refractivity contribution in [3.8, 4) is 0 Å². The molecular weight excluding hydrogens is 318 g/mol. The van der Waals surface area contributed by atoms with Crippen LogP contribution < -0.4 is 5.32 Å². The fourth-order valence-corrected chi connectivity index (χ4v) is 2.27. The van der Waals surface area contributed by atoms with Gasteiger partial charge in [0.25, 0.3) is 11.6 Å². The van der Waals surface area contributed by atoms with Crippen molar-refractivity contribution in [1.29, 1.82) is 0 Å². The second-order valence-corrected chi connectivity index (χ2v) is 5.36. The molecule has 0 bridgehead atoms. The van der Waals surface area contributed by atoms with Gasteiger partial charge in [0.1, 0.15) is 0 Å². The Labute approximate surface area is 137 Å². The number of aromatic nitrogens is 3. The molecule has 1 amide bonds. The molecule has 1 aromatic heterocycles. The van der Waals surface area contributed by atoms with Crippen molar-refractivity contribution in [2.75, 3.05) is 5.32 Å². The standard InChI is InChI=1S/C14H17N5O3S/c1-2-3-4-9-18-13(16-17-14(18)23)15-12(20)10-5-7-11(8-6-10)19(21)22/h5-8H,2-4,9H2,1H3,(H,17,23)(H,15,16,20). The van der Waals surface area contributed by atoms with Gasteiger partial charge in [-0.1, -0.05) is 19.8 Å². The molecule has 8 nitrogen and oxygen atoms in total. The maximum Gasteiger partial charge on any atom is 0.269 e. The Morgan fingerprint density at radius 3 is 2.70 bits per heavy atom. The summed E-state index contributed by atoms with van der Waals surface area (Å²) in [6, 6.07) is 5.37. The van der Waals surface area contributed by atoms with Crippen LogP contribution in [0.15, 0.2) is 24.3 Å². The van der Waals surface area contributed by atoms with Crippen molar-refractivity contribution in [3.63, 3.8) is 0 Å². The van der Waals surface area contributed by atoms with Crippen LogP contribution in [0.3, 0.4) is 0 Å². The van der Waals surface area contributed by atoms with Crippen LogP contribution in [-0.4, -0.2) is 25.6 Å². The Kier molecular flexibility index (Phi) is 5.58. The van der Waals surface area contributed by atoms with Crippen LogP contribution in [0.2, 0.25) is 0 Å². The van der Waals surface area contributed by atoms with E-state index in [1.165, 1.54) is 24.3 Å². The molecule has 0 fully saturated rings. The highest BCUT2D eigenvalue weighted by atomic mass is 32.1. The molecule has 0 radical (unpaired) electrons. The summed E-state index contributed by atoms with van der Waals surface area (Å²) in [4.78, 5) is 22.3. The first kappa shape index (κ1) is 16.8. The highest BCUT2D eigenvalue weighted by Gasteiger charge is 2.13. The number of amides is 1. The van der Waals surface area contributed by atoms with E-state index < -0.39 is 10.8 Å². The van der Waals surface area contributed by atoms with Crippen LogP contribution in [0.4, 0.5) is 11.6 Å². The highest BCUT2D eigenvalue weighted by Crippen LogP contribution is 2.14. The molecule has 2 rings (SSSR count). The molecule has 0 saturated heterocycles. The van der Waals surface area contributed by atoms with Crippen LogP contribution in [0.1, 0.15) is 36.5 Å². The van der Waals surface area contributed by atoms with Crippen LogP contribution in [-0.2, 0) is 6.54 Å². The van der Waals surface area contributed by atoms with E-state index in [1.807, 2.05) is 0 Å². The van der Waals surface area contributed by atoms with Crippen molar-refractivity contribution < 1.29 is 9.72 Å². The number of nitro benzene ring substituents is 1. The largest absolute Gasteiger partial charge is 0.291 e. The van der Waals surface area contributed by atoms with Gasteiger partial charge in [-0.05, 0) is 30.8 Å². The molecule has 0 aliphatic rings. The van der Waals surface area contributed by atoms with Gasteiger partial charge < -0.3 is 0 Å². The lowest BCUT2D eigenvalue weighted by molar-refractivity contribution is -0.384. The number of nitro groups is 1. The zero-order valence-electron chi connectivity index (χ0n) is 12.6. The maximum absolute atomic E-state index is 12.2. The molecule has 2 aromatic rings. The minimum absolute atomic E-state index is 0.0659. The Balaban J connectivity index is 2.11. The van der Waals surface area contributed by atoms with E-state index in [2.05, 4.69) is 22.4 Å². The second-order valence-electron chi connectivity index (χ2n) is 4.97. The summed E-state index contributed by atoms with van der Waals surface area (Å²) in [6.45, 7) is 2.77. The molecule has 0 unspecified atom stereocenters. The smallest absolute Gasteiger partial charge is 0.269 e. The molecule has 9 heteroatoms. The Morgan fingerprint density at radius 1 is 1.39 bits per heavy atom. The summed E-state index contributed by atoms with van der Waals surface area (Å²) >= 11 is 5.16. The average Bonchev–Trinajstić information content (AvgIpc) is 2.88. The Morgan fingerprint density at radius 2 is 2.09 bits per heavy atom. The monoisotopic (exact) mass is 335 g/mol. The van der Waals surface area contributed by atoms with E-state index in [-0.39, 0.29) is 5.69 Å². The summed E-state index contributed by atoms with van der Waals surface area (Å²) in [5.74, 6) is -0.0555. The van der Waals surface area contributed by atoms with Gasteiger partial charge in [-0.3, -0.25) is 24.8 Å². The third-order valence-electron chi connectivity index (χ3n) is 3.31. The van der Waals surface area contributed by atoms with E-state index in [1.54, 1.807) is 4.57 Å². The van der Waals surface area contributed by atoms with Gasteiger partial charge in [-0.25, -0.2) is 5.10 Å². The predicted molar refractivity (Wildman–Crippen MR) is 88.0 cm³/mol. The first-order chi connectivity index (χ1) is 11.0. The number of carbonyl (C=O) groups excluding carboxylic acids is 1. The highest BCUT2D eigenvalue weighted by molar-refractivity contribution is 7.71. The van der Waals surface area contributed by atoms with E-state index in [4.69, 9.17) is 12.2 Å². The van der Waals surface area contributed by atoms with Gasteiger partial charge in [-0.15, -0.1) is 5.10 Å². The molecule has 1 aromatic carbocycles. The maximum atomic E-state index is 12.2. The quantitative estimate of drug-likeness (QED) is 0.349. The lowest BCUT2D eigenvalue weighted by Gasteiger charge is -2.07. The fourth-order valence-electron chi connectivity index (χ4n) is 2.05. The number of rotatable bonds is 7. The number of hydrogen-bond acceptors (Lipinski definition) is 5. The van der Waals surface area contributed by atoms with Crippen molar-refractivity contribution in [2.24, 2.45) is 0 Å². The fraction of sp³-hybridized carbons (Fsp3) is 0.357. The number of carbonyl (C=O) groups is 1. The van der Waals surface area contributed by atoms with Crippen LogP contribution in [0.25, 0.3) is 0 Å². The Bertz CT molecular complexity index is 751. The van der Waals surface area contributed by atoms with Crippen molar-refractivity contribution in [3.05, 3.63) is 44.7 Å². The van der Waals surface area contributed by atoms with Gasteiger partial charge in [0.2, 0.25) is 5.95 Å². The Hall–Kier alpha value is -2.55.